The number of rotatable bonds is 10. The molecule has 0 spiro atoms. The molecule has 112 valence electrons. The summed E-state index contributed by atoms with van der Waals surface area (Å²) < 4.78 is 10.5. The fraction of sp³-hybridized carbons (Fsp3) is 0.533. The summed E-state index contributed by atoms with van der Waals surface area (Å²) in [6, 6.07) is 7.44. The minimum absolute atomic E-state index is 0.0770. The number of unbranched alkanes of at least 4 members (excludes halogenated alkanes) is 1. The summed E-state index contributed by atoms with van der Waals surface area (Å²) in [7, 11) is 1.63. The molecule has 0 saturated heterocycles. The number of carbonyl (C=O) groups excluding carboxylic acids is 1. The topological polar surface area (TPSA) is 59.6 Å². The van der Waals surface area contributed by atoms with Gasteiger partial charge in [-0.15, -0.1) is 0 Å². The van der Waals surface area contributed by atoms with Crippen LogP contribution < -0.4 is 15.4 Å². The predicted molar refractivity (Wildman–Crippen MR) is 80.2 cm³/mol. The van der Waals surface area contributed by atoms with Gasteiger partial charge in [-0.2, -0.15) is 0 Å². The lowest BCUT2D eigenvalue weighted by Gasteiger charge is -2.09. The molecule has 1 amide bonds. The molecule has 0 radical (unpaired) electrons. The number of amides is 1. The molecule has 0 unspecified atom stereocenters. The minimum atomic E-state index is -0.0770. The number of ether oxygens (including phenoxy) is 2. The normalized spacial score (nSPS) is 10.3. The number of carbonyl (C=O) groups is 1. The van der Waals surface area contributed by atoms with Crippen LogP contribution in [-0.2, 0) is 9.53 Å². The van der Waals surface area contributed by atoms with E-state index in [0.717, 1.165) is 24.3 Å². The van der Waals surface area contributed by atoms with Gasteiger partial charge in [0, 0.05) is 25.4 Å². The Labute approximate surface area is 120 Å². The summed E-state index contributed by atoms with van der Waals surface area (Å²) in [4.78, 5) is 11.7. The van der Waals surface area contributed by atoms with Gasteiger partial charge in [-0.1, -0.05) is 19.4 Å². The van der Waals surface area contributed by atoms with Crippen molar-refractivity contribution in [3.05, 3.63) is 24.3 Å². The maximum Gasteiger partial charge on any atom is 0.238 e. The molecular formula is C15H24N2O3. The molecule has 0 heterocycles. The van der Waals surface area contributed by atoms with Crippen molar-refractivity contribution in [2.24, 2.45) is 0 Å². The van der Waals surface area contributed by atoms with Crippen molar-refractivity contribution in [2.75, 3.05) is 38.7 Å². The van der Waals surface area contributed by atoms with E-state index in [4.69, 9.17) is 9.47 Å². The number of hydrogen-bond donors (Lipinski definition) is 2. The Morgan fingerprint density at radius 1 is 1.30 bits per heavy atom. The third-order valence-corrected chi connectivity index (χ3v) is 2.65. The monoisotopic (exact) mass is 280 g/mol. The van der Waals surface area contributed by atoms with Crippen molar-refractivity contribution in [1.29, 1.82) is 0 Å². The summed E-state index contributed by atoms with van der Waals surface area (Å²) in [5, 5.41) is 5.82. The van der Waals surface area contributed by atoms with E-state index in [2.05, 4.69) is 17.6 Å². The van der Waals surface area contributed by atoms with E-state index in [0.29, 0.717) is 19.8 Å². The number of anilines is 1. The van der Waals surface area contributed by atoms with Crippen LogP contribution >= 0.6 is 0 Å². The molecule has 0 aromatic heterocycles. The molecule has 1 aromatic carbocycles. The van der Waals surface area contributed by atoms with Gasteiger partial charge in [0.15, 0.2) is 0 Å². The molecule has 0 saturated carbocycles. The zero-order valence-corrected chi connectivity index (χ0v) is 12.3. The Morgan fingerprint density at radius 2 is 2.15 bits per heavy atom. The second kappa shape index (κ2) is 10.2. The largest absolute Gasteiger partial charge is 0.494 e. The molecular weight excluding hydrogens is 256 g/mol. The van der Waals surface area contributed by atoms with Gasteiger partial charge in [-0.25, -0.2) is 0 Å². The number of hydrogen-bond acceptors (Lipinski definition) is 4. The molecule has 20 heavy (non-hydrogen) atoms. The number of nitrogens with one attached hydrogen (secondary N) is 2. The van der Waals surface area contributed by atoms with Crippen molar-refractivity contribution in [1.82, 2.24) is 5.32 Å². The average molecular weight is 280 g/mol. The smallest absolute Gasteiger partial charge is 0.238 e. The molecule has 5 nitrogen and oxygen atoms in total. The van der Waals surface area contributed by atoms with Crippen molar-refractivity contribution < 1.29 is 14.3 Å². The van der Waals surface area contributed by atoms with Crippen molar-refractivity contribution in [3.8, 4) is 5.75 Å². The highest BCUT2D eigenvalue weighted by molar-refractivity contribution is 5.92. The molecule has 2 N–H and O–H groups in total. The zero-order valence-electron chi connectivity index (χ0n) is 12.3. The lowest BCUT2D eigenvalue weighted by Crippen LogP contribution is -2.30. The Bertz CT molecular complexity index is 396. The van der Waals surface area contributed by atoms with Crippen molar-refractivity contribution in [2.45, 2.75) is 19.8 Å². The first kappa shape index (κ1) is 16.5. The van der Waals surface area contributed by atoms with Crippen molar-refractivity contribution >= 4 is 11.6 Å². The lowest BCUT2D eigenvalue weighted by molar-refractivity contribution is -0.115. The molecule has 1 rings (SSSR count). The molecule has 1 aromatic rings. The first-order valence-corrected chi connectivity index (χ1v) is 6.98. The highest BCUT2D eigenvalue weighted by Gasteiger charge is 2.02. The lowest BCUT2D eigenvalue weighted by atomic mass is 10.3. The highest BCUT2D eigenvalue weighted by Crippen LogP contribution is 2.17. The standard InChI is InChI=1S/C15H24N2O3/c1-3-4-9-20-14-7-5-6-13(11-14)17-15(18)12-16-8-10-19-2/h5-7,11,16H,3-4,8-10,12H2,1-2H3,(H,17,18). The van der Waals surface area contributed by atoms with Gasteiger partial charge >= 0.3 is 0 Å². The first-order chi connectivity index (χ1) is 9.76. The van der Waals surface area contributed by atoms with Crippen LogP contribution in [0, 0.1) is 0 Å². The fourth-order valence-electron chi connectivity index (χ4n) is 1.58. The maximum absolute atomic E-state index is 11.7. The van der Waals surface area contributed by atoms with E-state index in [1.165, 1.54) is 0 Å². The Balaban J connectivity index is 2.35. The van der Waals surface area contributed by atoms with Crippen LogP contribution in [0.5, 0.6) is 5.75 Å². The van der Waals surface area contributed by atoms with E-state index in [1.807, 2.05) is 24.3 Å². The van der Waals surface area contributed by atoms with Crippen LogP contribution in [-0.4, -0.2) is 39.3 Å². The number of benzene rings is 1. The Hall–Kier alpha value is -1.59. The van der Waals surface area contributed by atoms with Gasteiger partial charge in [0.2, 0.25) is 5.91 Å². The fourth-order valence-corrected chi connectivity index (χ4v) is 1.58. The van der Waals surface area contributed by atoms with Crippen LogP contribution in [0.1, 0.15) is 19.8 Å². The van der Waals surface area contributed by atoms with Gasteiger partial charge in [0.25, 0.3) is 0 Å². The average Bonchev–Trinajstić information content (AvgIpc) is 2.44. The van der Waals surface area contributed by atoms with Crippen LogP contribution in [0.25, 0.3) is 0 Å². The van der Waals surface area contributed by atoms with E-state index >= 15 is 0 Å². The Morgan fingerprint density at radius 3 is 2.90 bits per heavy atom. The molecule has 0 aliphatic heterocycles. The van der Waals surface area contributed by atoms with Gasteiger partial charge in [0.05, 0.1) is 19.8 Å². The van der Waals surface area contributed by atoms with Crippen molar-refractivity contribution in [3.63, 3.8) is 0 Å². The van der Waals surface area contributed by atoms with E-state index in [9.17, 15) is 4.79 Å². The van der Waals surface area contributed by atoms with Crippen LogP contribution in [0.15, 0.2) is 24.3 Å². The summed E-state index contributed by atoms with van der Waals surface area (Å²) in [5.41, 5.74) is 0.748. The maximum atomic E-state index is 11.7. The van der Waals surface area contributed by atoms with E-state index in [-0.39, 0.29) is 12.5 Å². The summed E-state index contributed by atoms with van der Waals surface area (Å²) in [5.74, 6) is 0.704. The molecule has 0 bridgehead atoms. The SMILES string of the molecule is CCCCOc1cccc(NC(=O)CNCCOC)c1. The van der Waals surface area contributed by atoms with Crippen LogP contribution in [0.3, 0.4) is 0 Å². The van der Waals surface area contributed by atoms with Crippen LogP contribution in [0.2, 0.25) is 0 Å². The second-order valence-electron chi connectivity index (χ2n) is 4.45. The van der Waals surface area contributed by atoms with Gasteiger partial charge in [0.1, 0.15) is 5.75 Å². The molecule has 0 fully saturated rings. The van der Waals surface area contributed by atoms with Gasteiger partial charge < -0.3 is 20.1 Å². The predicted octanol–water partition coefficient (Wildman–Crippen LogP) is 2.04. The van der Waals surface area contributed by atoms with E-state index < -0.39 is 0 Å². The molecule has 0 aliphatic rings. The first-order valence-electron chi connectivity index (χ1n) is 6.98. The second-order valence-corrected chi connectivity index (χ2v) is 4.45. The Kier molecular flexibility index (Phi) is 8.42. The summed E-state index contributed by atoms with van der Waals surface area (Å²) in [6.45, 7) is 4.34. The third kappa shape index (κ3) is 7.11. The number of methoxy groups -OCH3 is 1. The van der Waals surface area contributed by atoms with Crippen LogP contribution in [0.4, 0.5) is 5.69 Å². The molecule has 0 atom stereocenters. The quantitative estimate of drug-likeness (QED) is 0.644. The summed E-state index contributed by atoms with van der Waals surface area (Å²) in [6.07, 6.45) is 2.13. The zero-order chi connectivity index (χ0) is 14.6. The van der Waals surface area contributed by atoms with E-state index in [1.54, 1.807) is 7.11 Å². The third-order valence-electron chi connectivity index (χ3n) is 2.65. The molecule has 5 heteroatoms. The minimum Gasteiger partial charge on any atom is -0.494 e. The summed E-state index contributed by atoms with van der Waals surface area (Å²) >= 11 is 0. The molecule has 0 aliphatic carbocycles. The van der Waals surface area contributed by atoms with Gasteiger partial charge in [-0.05, 0) is 18.6 Å². The van der Waals surface area contributed by atoms with Gasteiger partial charge in [-0.3, -0.25) is 4.79 Å². The highest BCUT2D eigenvalue weighted by atomic mass is 16.5.